The number of rotatable bonds is 4. The highest BCUT2D eigenvalue weighted by atomic mass is 16.5. The number of carbonyl (C=O) groups excluding carboxylic acids is 1. The fourth-order valence-corrected chi connectivity index (χ4v) is 3.21. The van der Waals surface area contributed by atoms with E-state index in [1.807, 2.05) is 0 Å². The van der Waals surface area contributed by atoms with Crippen LogP contribution in [-0.4, -0.2) is 26.4 Å². The molecule has 0 fully saturated rings. The minimum atomic E-state index is -0.584. The van der Waals surface area contributed by atoms with E-state index in [2.05, 4.69) is 0 Å². The van der Waals surface area contributed by atoms with E-state index >= 15 is 0 Å². The average Bonchev–Trinajstić information content (AvgIpc) is 2.74. The van der Waals surface area contributed by atoms with E-state index in [-0.39, 0.29) is 29.6 Å². The molecule has 0 aliphatic heterocycles. The van der Waals surface area contributed by atoms with Crippen LogP contribution in [0.15, 0.2) is 72.8 Å². The first-order valence-electron chi connectivity index (χ1n) is 9.15. The van der Waals surface area contributed by atoms with Crippen LogP contribution in [0, 0.1) is 0 Å². The number of carbonyl (C=O) groups is 1. The zero-order chi connectivity index (χ0) is 21.3. The second kappa shape index (κ2) is 7.67. The molecule has 0 aliphatic carbocycles. The normalized spacial score (nSPS) is 10.8. The van der Waals surface area contributed by atoms with E-state index in [0.717, 1.165) is 16.3 Å². The van der Waals surface area contributed by atoms with Gasteiger partial charge in [-0.3, -0.25) is 0 Å². The van der Waals surface area contributed by atoms with E-state index in [9.17, 15) is 25.2 Å². The van der Waals surface area contributed by atoms with E-state index in [0.29, 0.717) is 16.7 Å². The third-order valence-corrected chi connectivity index (χ3v) is 4.83. The van der Waals surface area contributed by atoms with Crippen LogP contribution in [0.2, 0.25) is 0 Å². The number of esters is 1. The van der Waals surface area contributed by atoms with E-state index in [1.54, 1.807) is 54.6 Å². The van der Waals surface area contributed by atoms with Crippen molar-refractivity contribution in [1.82, 2.24) is 0 Å². The maximum Gasteiger partial charge on any atom is 0.338 e. The number of hydrogen-bond acceptors (Lipinski definition) is 6. The van der Waals surface area contributed by atoms with Crippen molar-refractivity contribution < 1.29 is 30.0 Å². The molecule has 0 saturated carbocycles. The Balaban J connectivity index is 1.61. The summed E-state index contributed by atoms with van der Waals surface area (Å²) in [6, 6.07) is 19.2. The summed E-state index contributed by atoms with van der Waals surface area (Å²) in [5.74, 6) is -0.975. The van der Waals surface area contributed by atoms with Crippen LogP contribution in [0.4, 0.5) is 0 Å². The molecule has 0 saturated heterocycles. The smallest absolute Gasteiger partial charge is 0.338 e. The van der Waals surface area contributed by atoms with Gasteiger partial charge < -0.3 is 25.2 Å². The van der Waals surface area contributed by atoms with Gasteiger partial charge in [0.15, 0.2) is 11.5 Å². The van der Waals surface area contributed by atoms with Crippen molar-refractivity contribution in [2.75, 3.05) is 0 Å². The zero-order valence-corrected chi connectivity index (χ0v) is 15.7. The largest absolute Gasteiger partial charge is 0.508 e. The average molecular weight is 402 g/mol. The van der Waals surface area contributed by atoms with E-state index in [1.165, 1.54) is 18.2 Å². The number of fused-ring (bicyclic) bond motifs is 1. The lowest BCUT2D eigenvalue weighted by atomic mass is 9.98. The van der Waals surface area contributed by atoms with Crippen molar-refractivity contribution in [2.24, 2.45) is 0 Å². The first-order chi connectivity index (χ1) is 14.4. The Morgan fingerprint density at radius 1 is 0.767 bits per heavy atom. The Morgan fingerprint density at radius 3 is 2.30 bits per heavy atom. The summed E-state index contributed by atoms with van der Waals surface area (Å²) in [6.45, 7) is -0.189. The minimum absolute atomic E-state index is 0.0860. The Morgan fingerprint density at radius 2 is 1.53 bits per heavy atom. The highest BCUT2D eigenvalue weighted by Gasteiger charge is 2.13. The number of phenols is 4. The molecule has 30 heavy (non-hydrogen) atoms. The van der Waals surface area contributed by atoms with Crippen LogP contribution in [0.3, 0.4) is 0 Å². The molecule has 0 atom stereocenters. The molecular weight excluding hydrogens is 384 g/mol. The Bertz CT molecular complexity index is 1240. The summed E-state index contributed by atoms with van der Waals surface area (Å²) >= 11 is 0. The molecular formula is C24H18O6. The number of hydrogen-bond donors (Lipinski definition) is 4. The highest BCUT2D eigenvalue weighted by Crippen LogP contribution is 2.34. The number of benzene rings is 4. The second-order valence-electron chi connectivity index (χ2n) is 6.84. The lowest BCUT2D eigenvalue weighted by molar-refractivity contribution is 0.0470. The molecule has 0 aliphatic rings. The molecule has 6 nitrogen and oxygen atoms in total. The molecule has 0 unspecified atom stereocenters. The summed E-state index contributed by atoms with van der Waals surface area (Å²) < 4.78 is 5.26. The molecule has 6 heteroatoms. The van der Waals surface area contributed by atoms with Gasteiger partial charge in [0.2, 0.25) is 0 Å². The van der Waals surface area contributed by atoms with Crippen molar-refractivity contribution in [2.45, 2.75) is 6.61 Å². The molecule has 0 heterocycles. The lowest BCUT2D eigenvalue weighted by Crippen LogP contribution is -2.05. The molecule has 0 spiro atoms. The van der Waals surface area contributed by atoms with Gasteiger partial charge in [0.25, 0.3) is 0 Å². The molecule has 0 bridgehead atoms. The maximum atomic E-state index is 12.5. The third kappa shape index (κ3) is 3.71. The summed E-state index contributed by atoms with van der Waals surface area (Å²) in [7, 11) is 0. The maximum absolute atomic E-state index is 12.5. The van der Waals surface area contributed by atoms with E-state index < -0.39 is 5.97 Å². The molecule has 0 amide bonds. The number of phenolic OH excluding ortho intramolecular Hbond substituents is 4. The van der Waals surface area contributed by atoms with Crippen LogP contribution >= 0.6 is 0 Å². The van der Waals surface area contributed by atoms with Gasteiger partial charge in [-0.15, -0.1) is 0 Å². The summed E-state index contributed by atoms with van der Waals surface area (Å²) in [4.78, 5) is 12.5. The number of para-hydroxylation sites is 1. The van der Waals surface area contributed by atoms with Gasteiger partial charge in [-0.25, -0.2) is 4.79 Å². The first kappa shape index (κ1) is 19.1. The predicted molar refractivity (Wildman–Crippen MR) is 112 cm³/mol. The fourth-order valence-electron chi connectivity index (χ4n) is 3.21. The molecule has 150 valence electrons. The topological polar surface area (TPSA) is 107 Å². The van der Waals surface area contributed by atoms with Gasteiger partial charge in [0.05, 0.1) is 5.56 Å². The van der Waals surface area contributed by atoms with Gasteiger partial charge in [0.1, 0.15) is 18.1 Å². The van der Waals surface area contributed by atoms with Gasteiger partial charge in [-0.1, -0.05) is 30.3 Å². The Hall–Kier alpha value is -4.19. The molecule has 4 N–H and O–H groups in total. The summed E-state index contributed by atoms with van der Waals surface area (Å²) in [5.41, 5.74) is 1.89. The van der Waals surface area contributed by atoms with Gasteiger partial charge in [-0.05, 0) is 58.8 Å². The van der Waals surface area contributed by atoms with Crippen LogP contribution in [-0.2, 0) is 11.3 Å². The minimum Gasteiger partial charge on any atom is -0.508 e. The standard InChI is InChI=1S/C24H18O6/c25-19-8-6-14(7-9-19)20-11-18-10-16(5-4-15(18)12-22(20)27)24(29)30-13-17-2-1-3-21(26)23(17)28/h1-12,25-28H,13H2. The monoisotopic (exact) mass is 402 g/mol. The van der Waals surface area contributed by atoms with E-state index in [4.69, 9.17) is 4.74 Å². The third-order valence-electron chi connectivity index (χ3n) is 4.83. The zero-order valence-electron chi connectivity index (χ0n) is 15.7. The highest BCUT2D eigenvalue weighted by molar-refractivity contribution is 5.97. The predicted octanol–water partition coefficient (Wildman–Crippen LogP) is 4.69. The Kier molecular flexibility index (Phi) is 4.90. The van der Waals surface area contributed by atoms with Crippen LogP contribution < -0.4 is 0 Å². The fraction of sp³-hybridized carbons (Fsp3) is 0.0417. The molecule has 4 aromatic carbocycles. The van der Waals surface area contributed by atoms with Crippen molar-refractivity contribution in [3.8, 4) is 34.1 Å². The van der Waals surface area contributed by atoms with Crippen LogP contribution in [0.25, 0.3) is 21.9 Å². The van der Waals surface area contributed by atoms with Crippen LogP contribution in [0.5, 0.6) is 23.0 Å². The van der Waals surface area contributed by atoms with Gasteiger partial charge in [-0.2, -0.15) is 0 Å². The molecule has 0 radical (unpaired) electrons. The van der Waals surface area contributed by atoms with Crippen molar-refractivity contribution in [1.29, 1.82) is 0 Å². The van der Waals surface area contributed by atoms with Crippen molar-refractivity contribution in [3.63, 3.8) is 0 Å². The number of ether oxygens (including phenoxy) is 1. The van der Waals surface area contributed by atoms with Crippen molar-refractivity contribution >= 4 is 16.7 Å². The lowest BCUT2D eigenvalue weighted by Gasteiger charge is -2.10. The molecule has 0 aromatic heterocycles. The number of aromatic hydroxyl groups is 4. The molecule has 4 aromatic rings. The van der Waals surface area contributed by atoms with Gasteiger partial charge >= 0.3 is 5.97 Å². The SMILES string of the molecule is O=C(OCc1cccc(O)c1O)c1ccc2cc(O)c(-c3ccc(O)cc3)cc2c1. The van der Waals surface area contributed by atoms with Gasteiger partial charge in [0, 0.05) is 11.1 Å². The quantitative estimate of drug-likeness (QED) is 0.291. The second-order valence-corrected chi connectivity index (χ2v) is 6.84. The van der Waals surface area contributed by atoms with Crippen molar-refractivity contribution in [3.05, 3.63) is 83.9 Å². The summed E-state index contributed by atoms with van der Waals surface area (Å²) in [6.07, 6.45) is 0. The summed E-state index contributed by atoms with van der Waals surface area (Å²) in [5, 5.41) is 40.7. The first-order valence-corrected chi connectivity index (χ1v) is 9.15. The molecule has 4 rings (SSSR count). The Labute approximate surface area is 171 Å². The van der Waals surface area contributed by atoms with Crippen LogP contribution in [0.1, 0.15) is 15.9 Å².